The second-order valence-electron chi connectivity index (χ2n) is 4.49. The Morgan fingerprint density at radius 2 is 2.21 bits per heavy atom. The molecule has 104 valence electrons. The molecule has 0 radical (unpaired) electrons. The molecule has 0 spiro atoms. The Labute approximate surface area is 112 Å². The van der Waals surface area contributed by atoms with E-state index in [1.54, 1.807) is 6.20 Å². The molecule has 0 amide bonds. The summed E-state index contributed by atoms with van der Waals surface area (Å²) in [4.78, 5) is 0. The molecule has 0 unspecified atom stereocenters. The monoisotopic (exact) mass is 283 g/mol. The zero-order chi connectivity index (χ0) is 13.9. The lowest BCUT2D eigenvalue weighted by atomic mass is 10.2. The van der Waals surface area contributed by atoms with E-state index in [0.29, 0.717) is 13.1 Å². The average Bonchev–Trinajstić information content (AvgIpc) is 2.91. The number of aryl methyl sites for hydroxylation is 1. The standard InChI is InChI=1S/C12H17N3O3S/c1-9-3-4-11(18-9)12-10(8-14-15-12)7-13-5-6-19(2,16)17/h3-4,8,13H,5-7H2,1-2H3,(H,14,15). The van der Waals surface area contributed by atoms with Crippen LogP contribution >= 0.6 is 0 Å². The van der Waals surface area contributed by atoms with Gasteiger partial charge in [0.15, 0.2) is 5.76 Å². The Kier molecular flexibility index (Phi) is 4.06. The van der Waals surface area contributed by atoms with Crippen molar-refractivity contribution in [2.75, 3.05) is 18.6 Å². The minimum atomic E-state index is -2.93. The Morgan fingerprint density at radius 3 is 2.84 bits per heavy atom. The first-order valence-electron chi connectivity index (χ1n) is 5.93. The fourth-order valence-corrected chi connectivity index (χ4v) is 2.22. The maximum Gasteiger partial charge on any atom is 0.152 e. The molecule has 19 heavy (non-hydrogen) atoms. The topological polar surface area (TPSA) is 88.0 Å². The highest BCUT2D eigenvalue weighted by Crippen LogP contribution is 2.22. The molecule has 0 saturated heterocycles. The number of furan rings is 1. The molecule has 0 fully saturated rings. The van der Waals surface area contributed by atoms with Crippen LogP contribution in [0, 0.1) is 6.92 Å². The van der Waals surface area contributed by atoms with Crippen LogP contribution in [0.4, 0.5) is 0 Å². The van der Waals surface area contributed by atoms with Crippen LogP contribution in [-0.4, -0.2) is 37.2 Å². The lowest BCUT2D eigenvalue weighted by Gasteiger charge is -2.03. The van der Waals surface area contributed by atoms with Gasteiger partial charge in [0, 0.05) is 24.9 Å². The summed E-state index contributed by atoms with van der Waals surface area (Å²) in [6.07, 6.45) is 2.93. The zero-order valence-electron chi connectivity index (χ0n) is 10.9. The average molecular weight is 283 g/mol. The third kappa shape index (κ3) is 3.93. The number of sulfone groups is 1. The number of rotatable bonds is 6. The maximum atomic E-state index is 11.0. The van der Waals surface area contributed by atoms with Crippen molar-refractivity contribution in [3.05, 3.63) is 29.7 Å². The number of aromatic amines is 1. The maximum absolute atomic E-state index is 11.0. The minimum absolute atomic E-state index is 0.125. The van der Waals surface area contributed by atoms with Gasteiger partial charge < -0.3 is 9.73 Å². The predicted molar refractivity (Wildman–Crippen MR) is 72.4 cm³/mol. The summed E-state index contributed by atoms with van der Waals surface area (Å²) in [5.74, 6) is 1.69. The lowest BCUT2D eigenvalue weighted by Crippen LogP contribution is -2.21. The van der Waals surface area contributed by atoms with Gasteiger partial charge in [0.1, 0.15) is 21.3 Å². The number of hydrogen-bond donors (Lipinski definition) is 2. The van der Waals surface area contributed by atoms with Gasteiger partial charge in [0.25, 0.3) is 0 Å². The molecule has 0 saturated carbocycles. The number of nitrogens with one attached hydrogen (secondary N) is 2. The third-order valence-electron chi connectivity index (χ3n) is 2.67. The smallest absolute Gasteiger partial charge is 0.152 e. The van der Waals surface area contributed by atoms with E-state index in [1.165, 1.54) is 6.26 Å². The first-order valence-corrected chi connectivity index (χ1v) is 7.99. The van der Waals surface area contributed by atoms with Crippen LogP contribution < -0.4 is 5.32 Å². The molecule has 2 heterocycles. The Bertz CT molecular complexity index is 643. The normalized spacial score (nSPS) is 11.9. The molecular weight excluding hydrogens is 266 g/mol. The van der Waals surface area contributed by atoms with Gasteiger partial charge in [-0.2, -0.15) is 5.10 Å². The molecule has 2 N–H and O–H groups in total. The molecule has 6 nitrogen and oxygen atoms in total. The second-order valence-corrected chi connectivity index (χ2v) is 6.75. The molecule has 7 heteroatoms. The van der Waals surface area contributed by atoms with Crippen molar-refractivity contribution in [2.24, 2.45) is 0 Å². The van der Waals surface area contributed by atoms with Crippen molar-refractivity contribution in [3.8, 4) is 11.5 Å². The van der Waals surface area contributed by atoms with Crippen LogP contribution in [0.3, 0.4) is 0 Å². The van der Waals surface area contributed by atoms with Crippen LogP contribution in [0.1, 0.15) is 11.3 Å². The van der Waals surface area contributed by atoms with Gasteiger partial charge in [-0.3, -0.25) is 5.10 Å². The van der Waals surface area contributed by atoms with Gasteiger partial charge in [-0.25, -0.2) is 8.42 Å². The van der Waals surface area contributed by atoms with Gasteiger partial charge in [-0.15, -0.1) is 0 Å². The van der Waals surface area contributed by atoms with Gasteiger partial charge >= 0.3 is 0 Å². The fourth-order valence-electron chi connectivity index (χ4n) is 1.71. The summed E-state index contributed by atoms with van der Waals surface area (Å²) >= 11 is 0. The van der Waals surface area contributed by atoms with E-state index in [2.05, 4.69) is 15.5 Å². The van der Waals surface area contributed by atoms with Crippen molar-refractivity contribution < 1.29 is 12.8 Å². The fraction of sp³-hybridized carbons (Fsp3) is 0.417. The van der Waals surface area contributed by atoms with E-state index in [1.807, 2.05) is 19.1 Å². The van der Waals surface area contributed by atoms with Crippen molar-refractivity contribution >= 4 is 9.84 Å². The van der Waals surface area contributed by atoms with Crippen molar-refractivity contribution in [3.63, 3.8) is 0 Å². The van der Waals surface area contributed by atoms with E-state index in [-0.39, 0.29) is 5.75 Å². The van der Waals surface area contributed by atoms with E-state index >= 15 is 0 Å². The molecule has 2 aromatic heterocycles. The predicted octanol–water partition coefficient (Wildman–Crippen LogP) is 1.11. The van der Waals surface area contributed by atoms with E-state index < -0.39 is 9.84 Å². The van der Waals surface area contributed by atoms with Crippen molar-refractivity contribution in [2.45, 2.75) is 13.5 Å². The quantitative estimate of drug-likeness (QED) is 0.775. The first kappa shape index (κ1) is 13.8. The molecular formula is C12H17N3O3S. The van der Waals surface area contributed by atoms with Crippen LogP contribution in [0.2, 0.25) is 0 Å². The lowest BCUT2D eigenvalue weighted by molar-refractivity contribution is 0.545. The molecule has 0 bridgehead atoms. The van der Waals surface area contributed by atoms with Gasteiger partial charge in [0.05, 0.1) is 11.9 Å². The molecule has 2 rings (SSSR count). The second kappa shape index (κ2) is 5.58. The SMILES string of the molecule is Cc1ccc(-c2[nH]ncc2CNCCS(C)(=O)=O)o1. The Balaban J connectivity index is 1.97. The highest BCUT2D eigenvalue weighted by atomic mass is 32.2. The van der Waals surface area contributed by atoms with Gasteiger partial charge in [-0.1, -0.05) is 0 Å². The number of hydrogen-bond acceptors (Lipinski definition) is 5. The van der Waals surface area contributed by atoms with Crippen LogP contribution in [0.5, 0.6) is 0 Å². The highest BCUT2D eigenvalue weighted by molar-refractivity contribution is 7.90. The molecule has 0 aliphatic heterocycles. The Morgan fingerprint density at radius 1 is 1.42 bits per heavy atom. The Hall–Kier alpha value is -1.60. The van der Waals surface area contributed by atoms with Crippen molar-refractivity contribution in [1.82, 2.24) is 15.5 Å². The first-order chi connectivity index (χ1) is 8.96. The molecule has 0 atom stereocenters. The third-order valence-corrected chi connectivity index (χ3v) is 3.62. The number of nitrogens with zero attached hydrogens (tertiary/aromatic N) is 1. The summed E-state index contributed by atoms with van der Waals surface area (Å²) in [7, 11) is -2.93. The highest BCUT2D eigenvalue weighted by Gasteiger charge is 2.11. The zero-order valence-corrected chi connectivity index (χ0v) is 11.8. The van der Waals surface area contributed by atoms with E-state index in [0.717, 1.165) is 22.8 Å². The van der Waals surface area contributed by atoms with Crippen molar-refractivity contribution in [1.29, 1.82) is 0 Å². The summed E-state index contributed by atoms with van der Waals surface area (Å²) in [5, 5.41) is 9.96. The summed E-state index contributed by atoms with van der Waals surface area (Å²) in [5.41, 5.74) is 1.77. The summed E-state index contributed by atoms with van der Waals surface area (Å²) < 4.78 is 27.6. The van der Waals surface area contributed by atoms with E-state index in [4.69, 9.17) is 4.42 Å². The van der Waals surface area contributed by atoms with Gasteiger partial charge in [-0.05, 0) is 19.1 Å². The number of H-pyrrole nitrogens is 1. The van der Waals surface area contributed by atoms with Crippen LogP contribution in [0.25, 0.3) is 11.5 Å². The van der Waals surface area contributed by atoms with Crippen LogP contribution in [0.15, 0.2) is 22.7 Å². The van der Waals surface area contributed by atoms with Crippen LogP contribution in [-0.2, 0) is 16.4 Å². The molecule has 2 aromatic rings. The molecule has 0 aliphatic rings. The number of aromatic nitrogens is 2. The minimum Gasteiger partial charge on any atom is -0.460 e. The molecule has 0 aliphatic carbocycles. The summed E-state index contributed by atoms with van der Waals surface area (Å²) in [6.45, 7) is 2.84. The molecule has 0 aromatic carbocycles. The summed E-state index contributed by atoms with van der Waals surface area (Å²) in [6, 6.07) is 3.76. The van der Waals surface area contributed by atoms with Gasteiger partial charge in [0.2, 0.25) is 0 Å². The van der Waals surface area contributed by atoms with E-state index in [9.17, 15) is 8.42 Å². The largest absolute Gasteiger partial charge is 0.460 e.